The molecule has 1 aromatic heterocycles. The van der Waals surface area contributed by atoms with E-state index in [0.29, 0.717) is 0 Å². The van der Waals surface area contributed by atoms with Crippen molar-refractivity contribution in [3.63, 3.8) is 0 Å². The average Bonchev–Trinajstić information content (AvgIpc) is 2.79. The van der Waals surface area contributed by atoms with E-state index in [1.54, 1.807) is 20.8 Å². The Bertz CT molecular complexity index is 541. The van der Waals surface area contributed by atoms with Crippen LogP contribution in [0.25, 0.3) is 0 Å². The van der Waals surface area contributed by atoms with Gasteiger partial charge in [0.15, 0.2) is 11.4 Å². The van der Waals surface area contributed by atoms with Crippen molar-refractivity contribution in [3.8, 4) is 0 Å². The minimum atomic E-state index is -0.895. The number of ether oxygens (including phenoxy) is 3. The lowest BCUT2D eigenvalue weighted by molar-refractivity contribution is 0.0476. The molecule has 0 aliphatic rings. The highest BCUT2D eigenvalue weighted by Gasteiger charge is 2.30. The van der Waals surface area contributed by atoms with Crippen LogP contribution in [0.1, 0.15) is 41.7 Å². The summed E-state index contributed by atoms with van der Waals surface area (Å²) in [7, 11) is 2.26. The van der Waals surface area contributed by atoms with Gasteiger partial charge in [0.2, 0.25) is 0 Å². The summed E-state index contributed by atoms with van der Waals surface area (Å²) in [5, 5.41) is 0. The summed E-state index contributed by atoms with van der Waals surface area (Å²) in [6.45, 7) is 5.00. The van der Waals surface area contributed by atoms with E-state index in [2.05, 4.69) is 14.5 Å². The van der Waals surface area contributed by atoms with Crippen LogP contribution in [-0.4, -0.2) is 47.4 Å². The molecule has 0 aliphatic carbocycles. The third-order valence-electron chi connectivity index (χ3n) is 2.12. The van der Waals surface area contributed by atoms with Gasteiger partial charge < -0.3 is 14.2 Å². The fourth-order valence-electron chi connectivity index (χ4n) is 1.34. The fraction of sp³-hybridized carbons (Fsp3) is 0.500. The molecule has 0 fully saturated rings. The lowest BCUT2D eigenvalue weighted by Gasteiger charge is -2.19. The summed E-state index contributed by atoms with van der Waals surface area (Å²) in [5.74, 6) is -1.75. The molecule has 0 amide bonds. The Labute approximate surface area is 115 Å². The number of nitrogens with zero attached hydrogens (tertiary/aromatic N) is 2. The Morgan fingerprint density at radius 3 is 2.10 bits per heavy atom. The number of aromatic nitrogens is 2. The van der Waals surface area contributed by atoms with E-state index in [4.69, 9.17) is 4.74 Å². The number of carbonyl (C=O) groups excluding carboxylic acids is 3. The molecule has 0 atom stereocenters. The quantitative estimate of drug-likeness (QED) is 0.595. The highest BCUT2D eigenvalue weighted by molar-refractivity contribution is 6.02. The van der Waals surface area contributed by atoms with Crippen molar-refractivity contribution < 1.29 is 28.6 Å². The van der Waals surface area contributed by atoms with Crippen LogP contribution in [-0.2, 0) is 14.2 Å². The second-order valence-electron chi connectivity index (χ2n) is 4.78. The van der Waals surface area contributed by atoms with Crippen molar-refractivity contribution in [3.05, 3.63) is 17.7 Å². The molecule has 1 aromatic rings. The van der Waals surface area contributed by atoms with Crippen molar-refractivity contribution in [2.24, 2.45) is 0 Å². The summed E-state index contributed by atoms with van der Waals surface area (Å²) >= 11 is 0. The zero-order valence-electron chi connectivity index (χ0n) is 11.9. The molecule has 1 rings (SSSR count). The highest BCUT2D eigenvalue weighted by atomic mass is 16.6. The fourth-order valence-corrected chi connectivity index (χ4v) is 1.34. The van der Waals surface area contributed by atoms with Gasteiger partial charge >= 0.3 is 18.0 Å². The number of carbonyl (C=O) groups is 3. The first-order valence-electron chi connectivity index (χ1n) is 5.68. The molecule has 0 N–H and O–H groups in total. The average molecular weight is 284 g/mol. The predicted molar refractivity (Wildman–Crippen MR) is 66.5 cm³/mol. The molecule has 0 saturated heterocycles. The molecule has 20 heavy (non-hydrogen) atoms. The molecule has 8 heteroatoms. The third kappa shape index (κ3) is 3.34. The first-order chi connectivity index (χ1) is 9.21. The number of methoxy groups -OCH3 is 2. The molecule has 0 radical (unpaired) electrons. The Kier molecular flexibility index (Phi) is 4.49. The number of hydrogen-bond acceptors (Lipinski definition) is 7. The van der Waals surface area contributed by atoms with Gasteiger partial charge in [-0.25, -0.2) is 23.9 Å². The van der Waals surface area contributed by atoms with E-state index in [1.165, 1.54) is 0 Å². The molecule has 1 heterocycles. The van der Waals surface area contributed by atoms with E-state index in [9.17, 15) is 14.4 Å². The maximum absolute atomic E-state index is 12.0. The summed E-state index contributed by atoms with van der Waals surface area (Å²) in [5.41, 5.74) is -1.42. The maximum atomic E-state index is 12.0. The minimum absolute atomic E-state index is 0.315. The summed E-state index contributed by atoms with van der Waals surface area (Å²) < 4.78 is 14.9. The van der Waals surface area contributed by atoms with Gasteiger partial charge in [-0.05, 0) is 20.8 Å². The topological polar surface area (TPSA) is 96.7 Å². The van der Waals surface area contributed by atoms with Gasteiger partial charge in [-0.3, -0.25) is 0 Å². The van der Waals surface area contributed by atoms with Gasteiger partial charge in [-0.15, -0.1) is 0 Å². The standard InChI is InChI=1S/C12H16N2O6/c1-12(2,3)20-11(17)14-6-13-7(9(15)18-4)8(14)10(16)19-5/h6H,1-5H3. The number of imidazole rings is 1. The van der Waals surface area contributed by atoms with Crippen LogP contribution >= 0.6 is 0 Å². The second kappa shape index (κ2) is 5.72. The molecular formula is C12H16N2O6. The monoisotopic (exact) mass is 284 g/mol. The van der Waals surface area contributed by atoms with Gasteiger partial charge in [0, 0.05) is 0 Å². The number of hydrogen-bond donors (Lipinski definition) is 0. The highest BCUT2D eigenvalue weighted by Crippen LogP contribution is 2.14. The molecule has 0 unspecified atom stereocenters. The summed E-state index contributed by atoms with van der Waals surface area (Å²) in [6.07, 6.45) is 0.160. The molecular weight excluding hydrogens is 268 g/mol. The molecule has 0 spiro atoms. The van der Waals surface area contributed by atoms with E-state index in [0.717, 1.165) is 25.1 Å². The summed E-state index contributed by atoms with van der Waals surface area (Å²) in [4.78, 5) is 38.9. The van der Waals surface area contributed by atoms with Crippen LogP contribution in [0.3, 0.4) is 0 Å². The van der Waals surface area contributed by atoms with Crippen molar-refractivity contribution in [2.45, 2.75) is 26.4 Å². The lowest BCUT2D eigenvalue weighted by Crippen LogP contribution is -2.29. The predicted octanol–water partition coefficient (Wildman–Crippen LogP) is 1.24. The first kappa shape index (κ1) is 15.7. The van der Waals surface area contributed by atoms with E-state index >= 15 is 0 Å². The van der Waals surface area contributed by atoms with Gasteiger partial charge in [-0.1, -0.05) is 0 Å². The largest absolute Gasteiger partial charge is 0.464 e. The number of rotatable bonds is 2. The van der Waals surface area contributed by atoms with Gasteiger partial charge in [0.05, 0.1) is 14.2 Å². The number of esters is 2. The van der Waals surface area contributed by atoms with Crippen molar-refractivity contribution in [1.29, 1.82) is 0 Å². The minimum Gasteiger partial charge on any atom is -0.464 e. The van der Waals surface area contributed by atoms with Gasteiger partial charge in [0.1, 0.15) is 11.9 Å². The zero-order valence-corrected chi connectivity index (χ0v) is 11.9. The first-order valence-corrected chi connectivity index (χ1v) is 5.68. The van der Waals surface area contributed by atoms with Crippen LogP contribution in [0, 0.1) is 0 Å². The molecule has 0 aromatic carbocycles. The molecule has 110 valence electrons. The maximum Gasteiger partial charge on any atom is 0.420 e. The van der Waals surface area contributed by atoms with Gasteiger partial charge in [-0.2, -0.15) is 0 Å². The van der Waals surface area contributed by atoms with Crippen molar-refractivity contribution >= 4 is 18.0 Å². The van der Waals surface area contributed by atoms with Crippen molar-refractivity contribution in [1.82, 2.24) is 9.55 Å². The van der Waals surface area contributed by atoms with Crippen LogP contribution in [0.4, 0.5) is 4.79 Å². The second-order valence-corrected chi connectivity index (χ2v) is 4.78. The van der Waals surface area contributed by atoms with Crippen LogP contribution < -0.4 is 0 Å². The van der Waals surface area contributed by atoms with E-state index in [1.807, 2.05) is 0 Å². The normalized spacial score (nSPS) is 10.8. The zero-order chi connectivity index (χ0) is 15.5. The lowest BCUT2D eigenvalue weighted by atomic mass is 10.2. The Morgan fingerprint density at radius 2 is 1.65 bits per heavy atom. The Morgan fingerprint density at radius 1 is 1.10 bits per heavy atom. The van der Waals surface area contributed by atoms with Gasteiger partial charge in [0.25, 0.3) is 0 Å². The molecule has 0 saturated carbocycles. The van der Waals surface area contributed by atoms with Crippen LogP contribution in [0.5, 0.6) is 0 Å². The third-order valence-corrected chi connectivity index (χ3v) is 2.12. The summed E-state index contributed by atoms with van der Waals surface area (Å²) in [6, 6.07) is 0. The Balaban J connectivity index is 3.27. The van der Waals surface area contributed by atoms with Crippen LogP contribution in [0.15, 0.2) is 6.33 Å². The molecule has 8 nitrogen and oxygen atoms in total. The smallest absolute Gasteiger partial charge is 0.420 e. The molecule has 0 bridgehead atoms. The van der Waals surface area contributed by atoms with Crippen molar-refractivity contribution in [2.75, 3.05) is 14.2 Å². The van der Waals surface area contributed by atoms with E-state index < -0.39 is 23.6 Å². The van der Waals surface area contributed by atoms with E-state index in [-0.39, 0.29) is 11.4 Å². The molecule has 0 aliphatic heterocycles. The SMILES string of the molecule is COC(=O)c1ncn(C(=O)OC(C)(C)C)c1C(=O)OC. The Hall–Kier alpha value is -2.38. The van der Waals surface area contributed by atoms with Crippen LogP contribution in [0.2, 0.25) is 0 Å².